The molecule has 4 rings (SSSR count). The number of amides is 1. The standard InChI is InChI=1S/C22H22N4O5S/c27-21(16-5-1-2-6-17(16)22(28)29)24-14-9-11-15(12-10-14)32(30,31)26-20-13-23-18-7-3-4-8-19(18)25-20/h3-4,7-13,16-17H,1-2,5-6H2,(H,24,27)(H,25,26)(H,28,29)/t16-,17+/m0/s1. The van der Waals surface area contributed by atoms with Crippen LogP contribution in [0.3, 0.4) is 0 Å². The first-order valence-electron chi connectivity index (χ1n) is 10.2. The molecule has 2 aromatic carbocycles. The molecule has 1 saturated carbocycles. The van der Waals surface area contributed by atoms with Gasteiger partial charge in [0.25, 0.3) is 10.0 Å². The molecule has 1 fully saturated rings. The molecule has 1 amide bonds. The van der Waals surface area contributed by atoms with Crippen molar-refractivity contribution in [3.63, 3.8) is 0 Å². The highest BCUT2D eigenvalue weighted by molar-refractivity contribution is 7.92. The molecule has 166 valence electrons. The van der Waals surface area contributed by atoms with Crippen LogP contribution in [0.15, 0.2) is 59.6 Å². The molecule has 1 aliphatic carbocycles. The fourth-order valence-corrected chi connectivity index (χ4v) is 4.88. The van der Waals surface area contributed by atoms with Gasteiger partial charge in [-0.3, -0.25) is 19.3 Å². The maximum atomic E-state index is 12.7. The second-order valence-electron chi connectivity index (χ2n) is 7.70. The number of sulfonamides is 1. The van der Waals surface area contributed by atoms with Gasteiger partial charge in [0.2, 0.25) is 5.91 Å². The lowest BCUT2D eigenvalue weighted by Gasteiger charge is -2.27. The first kappa shape index (κ1) is 21.7. The summed E-state index contributed by atoms with van der Waals surface area (Å²) in [6, 6.07) is 12.8. The Kier molecular flexibility index (Phi) is 6.04. The molecule has 9 nitrogen and oxygen atoms in total. The largest absolute Gasteiger partial charge is 0.481 e. The SMILES string of the molecule is O=C(Nc1ccc(S(=O)(=O)Nc2cnc3ccccc3n2)cc1)[C@H]1CCCC[C@H]1C(=O)O. The number of anilines is 2. The molecule has 3 aromatic rings. The Labute approximate surface area is 185 Å². The van der Waals surface area contributed by atoms with Crippen molar-refractivity contribution in [3.05, 3.63) is 54.7 Å². The third kappa shape index (κ3) is 4.70. The van der Waals surface area contributed by atoms with E-state index in [4.69, 9.17) is 0 Å². The predicted molar refractivity (Wildman–Crippen MR) is 119 cm³/mol. The number of fused-ring (bicyclic) bond motifs is 1. The molecule has 0 unspecified atom stereocenters. The lowest BCUT2D eigenvalue weighted by molar-refractivity contribution is -0.147. The van der Waals surface area contributed by atoms with E-state index in [1.807, 2.05) is 6.07 Å². The molecule has 10 heteroatoms. The average Bonchev–Trinajstić information content (AvgIpc) is 2.79. The summed E-state index contributed by atoms with van der Waals surface area (Å²) in [5.74, 6) is -2.53. The molecule has 3 N–H and O–H groups in total. The number of nitrogens with zero attached hydrogens (tertiary/aromatic N) is 2. The zero-order chi connectivity index (χ0) is 22.7. The smallest absolute Gasteiger partial charge is 0.307 e. The number of carbonyl (C=O) groups is 2. The Hall–Kier alpha value is -3.53. The number of carboxylic acid groups (broad SMARTS) is 1. The number of aliphatic carboxylic acids is 1. The van der Waals surface area contributed by atoms with Gasteiger partial charge in [0.05, 0.1) is 34.0 Å². The van der Waals surface area contributed by atoms with Crippen molar-refractivity contribution in [3.8, 4) is 0 Å². The van der Waals surface area contributed by atoms with Gasteiger partial charge in [0.15, 0.2) is 5.82 Å². The van der Waals surface area contributed by atoms with Gasteiger partial charge in [-0.25, -0.2) is 13.4 Å². The van der Waals surface area contributed by atoms with E-state index in [1.54, 1.807) is 18.2 Å². The van der Waals surface area contributed by atoms with Crippen molar-refractivity contribution in [2.75, 3.05) is 10.0 Å². The Bertz CT molecular complexity index is 1260. The fraction of sp³-hybridized carbons (Fsp3) is 0.273. The first-order valence-corrected chi connectivity index (χ1v) is 11.7. The van der Waals surface area contributed by atoms with Gasteiger partial charge in [-0.15, -0.1) is 0 Å². The molecule has 1 aromatic heterocycles. The third-order valence-electron chi connectivity index (χ3n) is 5.54. The van der Waals surface area contributed by atoms with Crippen molar-refractivity contribution < 1.29 is 23.1 Å². The van der Waals surface area contributed by atoms with Crippen molar-refractivity contribution in [2.24, 2.45) is 11.8 Å². The fourth-order valence-electron chi connectivity index (χ4n) is 3.90. The van der Waals surface area contributed by atoms with Crippen molar-refractivity contribution in [2.45, 2.75) is 30.6 Å². The van der Waals surface area contributed by atoms with Gasteiger partial charge in [0.1, 0.15) is 0 Å². The van der Waals surface area contributed by atoms with Gasteiger partial charge in [0, 0.05) is 5.69 Å². The van der Waals surface area contributed by atoms with Crippen LogP contribution in [0.25, 0.3) is 11.0 Å². The quantitative estimate of drug-likeness (QED) is 0.519. The molecule has 0 aliphatic heterocycles. The van der Waals surface area contributed by atoms with Gasteiger partial charge in [-0.1, -0.05) is 25.0 Å². The number of rotatable bonds is 6. The zero-order valence-electron chi connectivity index (χ0n) is 17.1. The van der Waals surface area contributed by atoms with Crippen LogP contribution in [0.1, 0.15) is 25.7 Å². The van der Waals surface area contributed by atoms with E-state index in [9.17, 15) is 23.1 Å². The highest BCUT2D eigenvalue weighted by Crippen LogP contribution is 2.31. The van der Waals surface area contributed by atoms with Gasteiger partial charge < -0.3 is 10.4 Å². The summed E-state index contributed by atoms with van der Waals surface area (Å²) in [4.78, 5) is 32.5. The summed E-state index contributed by atoms with van der Waals surface area (Å²) < 4.78 is 27.8. The third-order valence-corrected chi connectivity index (χ3v) is 6.91. The van der Waals surface area contributed by atoms with E-state index >= 15 is 0 Å². The van der Waals surface area contributed by atoms with Crippen LogP contribution in [-0.4, -0.2) is 35.4 Å². The lowest BCUT2D eigenvalue weighted by Crippen LogP contribution is -2.36. The van der Waals surface area contributed by atoms with Crippen LogP contribution in [0.4, 0.5) is 11.5 Å². The summed E-state index contributed by atoms with van der Waals surface area (Å²) in [5.41, 5.74) is 1.61. The summed E-state index contributed by atoms with van der Waals surface area (Å²) in [5, 5.41) is 12.1. The highest BCUT2D eigenvalue weighted by atomic mass is 32.2. The van der Waals surface area contributed by atoms with Gasteiger partial charge in [-0.2, -0.15) is 0 Å². The minimum absolute atomic E-state index is 0.00784. The molecule has 0 saturated heterocycles. The predicted octanol–water partition coefficient (Wildman–Crippen LogP) is 3.26. The van der Waals surface area contributed by atoms with Crippen LogP contribution in [0, 0.1) is 11.8 Å². The second kappa shape index (κ2) is 8.91. The molecular weight excluding hydrogens is 432 g/mol. The number of hydrogen-bond acceptors (Lipinski definition) is 6. The van der Waals surface area contributed by atoms with E-state index in [2.05, 4.69) is 20.0 Å². The van der Waals surface area contributed by atoms with Crippen LogP contribution in [-0.2, 0) is 19.6 Å². The average molecular weight is 455 g/mol. The molecule has 0 bridgehead atoms. The number of carbonyl (C=O) groups excluding carboxylic acids is 1. The molecule has 1 heterocycles. The Balaban J connectivity index is 1.46. The summed E-state index contributed by atoms with van der Waals surface area (Å²) in [6.45, 7) is 0. The minimum atomic E-state index is -3.91. The monoisotopic (exact) mass is 454 g/mol. The van der Waals surface area contributed by atoms with E-state index in [0.29, 0.717) is 29.6 Å². The number of nitrogens with one attached hydrogen (secondary N) is 2. The summed E-state index contributed by atoms with van der Waals surface area (Å²) in [7, 11) is -3.91. The van der Waals surface area contributed by atoms with Crippen LogP contribution < -0.4 is 10.0 Å². The molecule has 0 radical (unpaired) electrons. The normalized spacial score (nSPS) is 18.8. The van der Waals surface area contributed by atoms with Crippen LogP contribution in [0.2, 0.25) is 0 Å². The second-order valence-corrected chi connectivity index (χ2v) is 9.38. The van der Waals surface area contributed by atoms with Crippen molar-refractivity contribution >= 4 is 44.4 Å². The van der Waals surface area contributed by atoms with Crippen LogP contribution in [0.5, 0.6) is 0 Å². The summed E-state index contributed by atoms with van der Waals surface area (Å²) >= 11 is 0. The minimum Gasteiger partial charge on any atom is -0.481 e. The number of para-hydroxylation sites is 2. The first-order chi connectivity index (χ1) is 15.3. The number of benzene rings is 2. The number of hydrogen-bond donors (Lipinski definition) is 3. The summed E-state index contributed by atoms with van der Waals surface area (Å²) in [6.07, 6.45) is 3.95. The van der Waals surface area contributed by atoms with E-state index in [-0.39, 0.29) is 16.6 Å². The topological polar surface area (TPSA) is 138 Å². The Morgan fingerprint density at radius 1 is 0.938 bits per heavy atom. The maximum Gasteiger partial charge on any atom is 0.307 e. The van der Waals surface area contributed by atoms with Gasteiger partial charge >= 0.3 is 5.97 Å². The molecule has 0 spiro atoms. The van der Waals surface area contributed by atoms with E-state index in [1.165, 1.54) is 30.5 Å². The molecule has 32 heavy (non-hydrogen) atoms. The van der Waals surface area contributed by atoms with Crippen molar-refractivity contribution in [1.82, 2.24) is 9.97 Å². The number of carboxylic acids is 1. The number of aromatic nitrogens is 2. The van der Waals surface area contributed by atoms with E-state index < -0.39 is 27.8 Å². The van der Waals surface area contributed by atoms with Gasteiger partial charge in [-0.05, 0) is 49.2 Å². The maximum absolute atomic E-state index is 12.7. The molecule has 1 aliphatic rings. The molecular formula is C22H22N4O5S. The lowest BCUT2D eigenvalue weighted by atomic mass is 9.78. The highest BCUT2D eigenvalue weighted by Gasteiger charge is 2.35. The molecule has 2 atom stereocenters. The Morgan fingerprint density at radius 3 is 2.28 bits per heavy atom. The Morgan fingerprint density at radius 2 is 1.59 bits per heavy atom. The van der Waals surface area contributed by atoms with Crippen molar-refractivity contribution in [1.29, 1.82) is 0 Å². The zero-order valence-corrected chi connectivity index (χ0v) is 17.9. The van der Waals surface area contributed by atoms with E-state index in [0.717, 1.165) is 12.8 Å². The van der Waals surface area contributed by atoms with Crippen LogP contribution >= 0.6 is 0 Å².